The standard InChI is InChI=1S/C15H13BrFNO2/c16-13-7-6-11(8-14(13)17)9-18(10-15(19)20)12-4-2-1-3-5-12/h1-8H,9-10H2,(H,19,20). The van der Waals surface area contributed by atoms with E-state index in [9.17, 15) is 9.18 Å². The third kappa shape index (κ3) is 3.81. The van der Waals surface area contributed by atoms with Crippen molar-refractivity contribution in [1.82, 2.24) is 0 Å². The van der Waals surface area contributed by atoms with E-state index in [0.29, 0.717) is 11.0 Å². The Morgan fingerprint density at radius 3 is 2.50 bits per heavy atom. The lowest BCUT2D eigenvalue weighted by atomic mass is 10.2. The fourth-order valence-electron chi connectivity index (χ4n) is 1.90. The van der Waals surface area contributed by atoms with Crippen LogP contribution in [0.15, 0.2) is 53.0 Å². The lowest BCUT2D eigenvalue weighted by Crippen LogP contribution is -2.29. The molecule has 0 radical (unpaired) electrons. The zero-order chi connectivity index (χ0) is 14.5. The summed E-state index contributed by atoms with van der Waals surface area (Å²) in [5.74, 6) is -1.28. The number of hydrogen-bond donors (Lipinski definition) is 1. The Labute approximate surface area is 124 Å². The highest BCUT2D eigenvalue weighted by atomic mass is 79.9. The molecular weight excluding hydrogens is 325 g/mol. The van der Waals surface area contributed by atoms with Gasteiger partial charge in [-0.15, -0.1) is 0 Å². The predicted octanol–water partition coefficient (Wildman–Crippen LogP) is 3.68. The van der Waals surface area contributed by atoms with E-state index in [1.165, 1.54) is 6.07 Å². The molecular formula is C15H13BrFNO2. The highest BCUT2D eigenvalue weighted by Crippen LogP contribution is 2.20. The van der Waals surface area contributed by atoms with E-state index in [2.05, 4.69) is 15.9 Å². The molecule has 0 fully saturated rings. The van der Waals surface area contributed by atoms with Crippen LogP contribution in [-0.4, -0.2) is 17.6 Å². The van der Waals surface area contributed by atoms with Crippen molar-refractivity contribution in [2.45, 2.75) is 6.54 Å². The molecule has 5 heteroatoms. The second-order valence-corrected chi connectivity index (χ2v) is 5.19. The average molecular weight is 338 g/mol. The maximum atomic E-state index is 13.5. The van der Waals surface area contributed by atoms with Crippen molar-refractivity contribution in [1.29, 1.82) is 0 Å². The van der Waals surface area contributed by atoms with Gasteiger partial charge in [-0.05, 0) is 45.8 Å². The van der Waals surface area contributed by atoms with Crippen LogP contribution in [0.4, 0.5) is 10.1 Å². The minimum atomic E-state index is -0.925. The Bertz CT molecular complexity index is 604. The molecule has 20 heavy (non-hydrogen) atoms. The number of carboxylic acid groups (broad SMARTS) is 1. The first kappa shape index (κ1) is 14.5. The molecule has 1 N–H and O–H groups in total. The normalized spacial score (nSPS) is 10.3. The fraction of sp³-hybridized carbons (Fsp3) is 0.133. The number of rotatable bonds is 5. The zero-order valence-electron chi connectivity index (χ0n) is 10.6. The first-order chi connectivity index (χ1) is 9.56. The number of benzene rings is 2. The minimum Gasteiger partial charge on any atom is -0.480 e. The number of halogens is 2. The molecule has 0 aliphatic rings. The molecule has 0 heterocycles. The number of aliphatic carboxylic acids is 1. The average Bonchev–Trinajstić information content (AvgIpc) is 2.43. The van der Waals surface area contributed by atoms with Gasteiger partial charge in [-0.2, -0.15) is 0 Å². The van der Waals surface area contributed by atoms with Gasteiger partial charge >= 0.3 is 5.97 Å². The molecule has 0 atom stereocenters. The zero-order valence-corrected chi connectivity index (χ0v) is 12.2. The molecule has 3 nitrogen and oxygen atoms in total. The quantitative estimate of drug-likeness (QED) is 0.904. The summed E-state index contributed by atoms with van der Waals surface area (Å²) in [5, 5.41) is 9.00. The summed E-state index contributed by atoms with van der Waals surface area (Å²) in [4.78, 5) is 12.7. The summed E-state index contributed by atoms with van der Waals surface area (Å²) >= 11 is 3.10. The molecule has 2 aromatic rings. The van der Waals surface area contributed by atoms with Crippen LogP contribution in [0.1, 0.15) is 5.56 Å². The van der Waals surface area contributed by atoms with E-state index in [4.69, 9.17) is 5.11 Å². The fourth-order valence-corrected chi connectivity index (χ4v) is 2.15. The number of carbonyl (C=O) groups is 1. The van der Waals surface area contributed by atoms with Crippen molar-refractivity contribution in [3.05, 3.63) is 64.4 Å². The van der Waals surface area contributed by atoms with Gasteiger partial charge in [0.25, 0.3) is 0 Å². The second kappa shape index (κ2) is 6.52. The van der Waals surface area contributed by atoms with Crippen molar-refractivity contribution < 1.29 is 14.3 Å². The van der Waals surface area contributed by atoms with Crippen molar-refractivity contribution in [3.8, 4) is 0 Å². The molecule has 0 aromatic heterocycles. The van der Waals surface area contributed by atoms with E-state index >= 15 is 0 Å². The first-order valence-electron chi connectivity index (χ1n) is 6.02. The lowest BCUT2D eigenvalue weighted by Gasteiger charge is -2.23. The summed E-state index contributed by atoms with van der Waals surface area (Å²) in [7, 11) is 0. The number of para-hydroxylation sites is 1. The van der Waals surface area contributed by atoms with Gasteiger partial charge in [-0.1, -0.05) is 24.3 Å². The van der Waals surface area contributed by atoms with Crippen molar-refractivity contribution in [2.24, 2.45) is 0 Å². The maximum Gasteiger partial charge on any atom is 0.323 e. The largest absolute Gasteiger partial charge is 0.480 e. The van der Waals surface area contributed by atoms with E-state index in [1.807, 2.05) is 30.3 Å². The molecule has 0 saturated heterocycles. The summed E-state index contributed by atoms with van der Waals surface area (Å²) < 4.78 is 13.9. The SMILES string of the molecule is O=C(O)CN(Cc1ccc(Br)c(F)c1)c1ccccc1. The topological polar surface area (TPSA) is 40.5 Å². The molecule has 2 aromatic carbocycles. The van der Waals surface area contributed by atoms with Crippen LogP contribution in [0.3, 0.4) is 0 Å². The molecule has 0 saturated carbocycles. The van der Waals surface area contributed by atoms with Crippen LogP contribution in [0.25, 0.3) is 0 Å². The van der Waals surface area contributed by atoms with Gasteiger partial charge < -0.3 is 10.0 Å². The number of anilines is 1. The highest BCUT2D eigenvalue weighted by Gasteiger charge is 2.12. The highest BCUT2D eigenvalue weighted by molar-refractivity contribution is 9.10. The summed E-state index contributed by atoms with van der Waals surface area (Å²) in [6.07, 6.45) is 0. The smallest absolute Gasteiger partial charge is 0.323 e. The Morgan fingerprint density at radius 1 is 1.20 bits per heavy atom. The number of hydrogen-bond acceptors (Lipinski definition) is 2. The van der Waals surface area contributed by atoms with Gasteiger partial charge in [0, 0.05) is 12.2 Å². The molecule has 2 rings (SSSR count). The summed E-state index contributed by atoms with van der Waals surface area (Å²) in [6, 6.07) is 14.0. The molecule has 0 spiro atoms. The minimum absolute atomic E-state index is 0.137. The lowest BCUT2D eigenvalue weighted by molar-refractivity contribution is -0.135. The Morgan fingerprint density at radius 2 is 1.90 bits per heavy atom. The van der Waals surface area contributed by atoms with Crippen molar-refractivity contribution >= 4 is 27.6 Å². The van der Waals surface area contributed by atoms with Crippen molar-refractivity contribution in [3.63, 3.8) is 0 Å². The van der Waals surface area contributed by atoms with Gasteiger partial charge in [0.15, 0.2) is 0 Å². The van der Waals surface area contributed by atoms with E-state index in [0.717, 1.165) is 11.3 Å². The molecule has 0 amide bonds. The Balaban J connectivity index is 2.23. The third-order valence-electron chi connectivity index (χ3n) is 2.80. The second-order valence-electron chi connectivity index (χ2n) is 4.33. The van der Waals surface area contributed by atoms with Gasteiger partial charge in [-0.25, -0.2) is 4.39 Å². The van der Waals surface area contributed by atoms with Gasteiger partial charge in [0.2, 0.25) is 0 Å². The van der Waals surface area contributed by atoms with Crippen LogP contribution < -0.4 is 4.90 Å². The van der Waals surface area contributed by atoms with Crippen LogP contribution >= 0.6 is 15.9 Å². The van der Waals surface area contributed by atoms with Gasteiger partial charge in [0.05, 0.1) is 4.47 Å². The molecule has 104 valence electrons. The number of carboxylic acids is 1. The molecule has 0 bridgehead atoms. The Hall–Kier alpha value is -1.88. The van der Waals surface area contributed by atoms with Gasteiger partial charge in [0.1, 0.15) is 12.4 Å². The van der Waals surface area contributed by atoms with Crippen LogP contribution in [0, 0.1) is 5.82 Å². The third-order valence-corrected chi connectivity index (χ3v) is 3.45. The monoisotopic (exact) mass is 337 g/mol. The van der Waals surface area contributed by atoms with E-state index in [-0.39, 0.29) is 12.4 Å². The van der Waals surface area contributed by atoms with Crippen LogP contribution in [-0.2, 0) is 11.3 Å². The van der Waals surface area contributed by atoms with E-state index < -0.39 is 5.97 Å². The van der Waals surface area contributed by atoms with Crippen molar-refractivity contribution in [2.75, 3.05) is 11.4 Å². The van der Waals surface area contributed by atoms with Crippen LogP contribution in [0.5, 0.6) is 0 Å². The predicted molar refractivity (Wildman–Crippen MR) is 79.2 cm³/mol. The maximum absolute atomic E-state index is 13.5. The summed E-state index contributed by atoms with van der Waals surface area (Å²) in [6.45, 7) is 0.197. The first-order valence-corrected chi connectivity index (χ1v) is 6.81. The van der Waals surface area contributed by atoms with E-state index in [1.54, 1.807) is 17.0 Å². The van der Waals surface area contributed by atoms with Crippen LogP contribution in [0.2, 0.25) is 0 Å². The molecule has 0 unspecified atom stereocenters. The molecule has 0 aliphatic carbocycles. The number of nitrogens with zero attached hydrogens (tertiary/aromatic N) is 1. The van der Waals surface area contributed by atoms with Gasteiger partial charge in [-0.3, -0.25) is 4.79 Å². The Kier molecular flexibility index (Phi) is 4.74. The summed E-state index contributed by atoms with van der Waals surface area (Å²) in [5.41, 5.74) is 1.51. The molecule has 0 aliphatic heterocycles.